The van der Waals surface area contributed by atoms with E-state index in [9.17, 15) is 0 Å². The van der Waals surface area contributed by atoms with Crippen molar-refractivity contribution in [1.29, 1.82) is 0 Å². The number of rotatable bonds is 1. The van der Waals surface area contributed by atoms with Crippen LogP contribution >= 0.6 is 24.8 Å². The second-order valence-corrected chi connectivity index (χ2v) is 64.1. The maximum Gasteiger partial charge on any atom is -0.147 e. The average Bonchev–Trinajstić information content (AvgIpc) is 2.27. The average molecular weight is 506 g/mol. The molecular formula is C15H34Cl2HfNSi. The monoisotopic (exact) mass is 506 g/mol. The normalized spacial score (nSPS) is 23.8. The first-order valence-electron chi connectivity index (χ1n) is 7.05. The number of hydrogen-bond donors (Lipinski definition) is 1. The van der Waals surface area contributed by atoms with Crippen LogP contribution in [0.1, 0.15) is 48.5 Å². The molecule has 2 N–H and O–H groups in total. The minimum atomic E-state index is -4.00. The minimum absolute atomic E-state index is 0. The van der Waals surface area contributed by atoms with Crippen LogP contribution in [0.25, 0.3) is 0 Å². The van der Waals surface area contributed by atoms with E-state index in [2.05, 4.69) is 64.8 Å². The van der Waals surface area contributed by atoms with Gasteiger partial charge >= 0.3 is 114 Å². The van der Waals surface area contributed by atoms with Crippen LogP contribution in [-0.2, 0) is 15.9 Å². The van der Waals surface area contributed by atoms with Gasteiger partial charge in [-0.05, 0) is 0 Å². The number of halogens is 2. The smallest absolute Gasteiger partial charge is 0.147 e. The van der Waals surface area contributed by atoms with Crippen LogP contribution in [0.2, 0.25) is 12.5 Å². The van der Waals surface area contributed by atoms with Gasteiger partial charge in [0.2, 0.25) is 0 Å². The molecule has 0 heterocycles. The molecule has 0 aromatic carbocycles. The van der Waals surface area contributed by atoms with Crippen LogP contribution in [0.15, 0.2) is 20.0 Å². The second kappa shape index (κ2) is 5.33. The fourth-order valence-electron chi connectivity index (χ4n) is 3.30. The maximum atomic E-state index is 7.33. The van der Waals surface area contributed by atoms with Crippen LogP contribution in [0, 0.1) is 5.92 Å². The fraction of sp³-hybridized carbons (Fsp3) is 0.733. The molecular weight excluding hydrogens is 472 g/mol. The fourth-order valence-corrected chi connectivity index (χ4v) is 23.3. The molecule has 0 aliphatic heterocycles. The summed E-state index contributed by atoms with van der Waals surface area (Å²) >= 11 is -4.00. The van der Waals surface area contributed by atoms with E-state index in [0.29, 0.717) is 5.92 Å². The molecule has 0 amide bonds. The van der Waals surface area contributed by atoms with Crippen LogP contribution in [-0.4, -0.2) is 6.94 Å². The SMILES string of the molecule is CC1=C(C)C(C)[C]([Hf]([CH3])([CH3])([NH2])(=[SiH2])[C](C)(C)C)=C1C.Cl.Cl. The molecule has 1 aliphatic carbocycles. The van der Waals surface area contributed by atoms with Gasteiger partial charge in [0.05, 0.1) is 0 Å². The van der Waals surface area contributed by atoms with Crippen molar-refractivity contribution in [2.24, 2.45) is 9.64 Å². The molecule has 1 nitrogen and oxygen atoms in total. The first kappa shape index (κ1) is 23.4. The van der Waals surface area contributed by atoms with E-state index in [-0.39, 0.29) is 28.0 Å². The van der Waals surface area contributed by atoms with Crippen molar-refractivity contribution < 1.29 is 15.9 Å². The van der Waals surface area contributed by atoms with Gasteiger partial charge in [-0.15, -0.1) is 24.8 Å². The number of allylic oxidation sites excluding steroid dienone is 4. The van der Waals surface area contributed by atoms with Gasteiger partial charge in [0.15, 0.2) is 0 Å². The predicted molar refractivity (Wildman–Crippen MR) is 98.9 cm³/mol. The van der Waals surface area contributed by atoms with Crippen molar-refractivity contribution in [2.45, 2.75) is 61.0 Å². The molecule has 0 saturated heterocycles. The topological polar surface area (TPSA) is 26.0 Å². The Kier molecular flexibility index (Phi) is 6.23. The Labute approximate surface area is 137 Å². The number of hydrogen-bond acceptors (Lipinski definition) is 1. The molecule has 1 aliphatic rings. The van der Waals surface area contributed by atoms with Crippen molar-refractivity contribution in [3.63, 3.8) is 0 Å². The summed E-state index contributed by atoms with van der Waals surface area (Å²) < 4.78 is 14.0. The van der Waals surface area contributed by atoms with Gasteiger partial charge in [0.25, 0.3) is 0 Å². The molecule has 121 valence electrons. The molecule has 0 saturated carbocycles. The van der Waals surface area contributed by atoms with Crippen LogP contribution in [0.4, 0.5) is 0 Å². The second-order valence-electron chi connectivity index (χ2n) is 9.07. The van der Waals surface area contributed by atoms with E-state index < -0.39 is 15.9 Å². The van der Waals surface area contributed by atoms with E-state index in [1.54, 1.807) is 3.33 Å². The molecule has 0 spiro atoms. The standard InChI is InChI=1S/C9H13.C4H9.2CH3.2ClH.Hf.H2N.H2Si/c1-6-5-7(2)9(4)8(6)3;1-4(2)3;;;;;;;/h6H,1-4H3;1-3H3;2*1H3;2*1H;;2*1H2/q;;;;;;+1;-1;. The van der Waals surface area contributed by atoms with Gasteiger partial charge in [0.1, 0.15) is 0 Å². The molecule has 0 aromatic heterocycles. The van der Waals surface area contributed by atoms with Crippen LogP contribution in [0.5, 0.6) is 0 Å². The zero-order chi connectivity index (χ0) is 14.8. The van der Waals surface area contributed by atoms with E-state index >= 15 is 0 Å². The zero-order valence-electron chi connectivity index (χ0n) is 14.7. The molecule has 0 radical (unpaired) electrons. The summed E-state index contributed by atoms with van der Waals surface area (Å²) in [7, 11) is 0. The van der Waals surface area contributed by atoms with Crippen molar-refractivity contribution in [3.8, 4) is 0 Å². The van der Waals surface area contributed by atoms with Gasteiger partial charge in [0, 0.05) is 0 Å². The Hall–Kier alpha value is 1.11. The third-order valence-corrected chi connectivity index (χ3v) is 48.9. The Morgan fingerprint density at radius 3 is 1.55 bits per heavy atom. The molecule has 0 bridgehead atoms. The van der Waals surface area contributed by atoms with E-state index in [0.717, 1.165) is 0 Å². The minimum Gasteiger partial charge on any atom is -0.147 e. The summed E-state index contributed by atoms with van der Waals surface area (Å²) in [6, 6.07) is 0. The summed E-state index contributed by atoms with van der Waals surface area (Å²) in [6.45, 7) is 18.4. The van der Waals surface area contributed by atoms with Crippen molar-refractivity contribution >= 4 is 31.8 Å². The van der Waals surface area contributed by atoms with Gasteiger partial charge < -0.3 is 0 Å². The third-order valence-electron chi connectivity index (χ3n) is 6.50. The Bertz CT molecular complexity index is 559. The van der Waals surface area contributed by atoms with E-state index in [1.165, 1.54) is 16.7 Å². The summed E-state index contributed by atoms with van der Waals surface area (Å²) in [5.74, 6) is 0.530. The molecule has 0 aromatic rings. The van der Waals surface area contributed by atoms with Gasteiger partial charge in [-0.2, -0.15) is 0 Å². The van der Waals surface area contributed by atoms with Crippen LogP contribution in [0.3, 0.4) is 0 Å². The summed E-state index contributed by atoms with van der Waals surface area (Å²) in [5.41, 5.74) is 4.48. The summed E-state index contributed by atoms with van der Waals surface area (Å²) in [6.07, 6.45) is 0. The summed E-state index contributed by atoms with van der Waals surface area (Å²) in [5, 5.41) is 0. The first-order chi connectivity index (χ1) is 7.55. The molecule has 20 heavy (non-hydrogen) atoms. The van der Waals surface area contributed by atoms with Crippen molar-refractivity contribution in [2.75, 3.05) is 0 Å². The summed E-state index contributed by atoms with van der Waals surface area (Å²) in [4.78, 5) is 0. The van der Waals surface area contributed by atoms with Gasteiger partial charge in [-0.25, -0.2) is 0 Å². The van der Waals surface area contributed by atoms with Gasteiger partial charge in [-0.3, -0.25) is 0 Å². The third kappa shape index (κ3) is 2.95. The Morgan fingerprint density at radius 1 is 1.00 bits per heavy atom. The largest absolute Gasteiger partial charge is 0.147 e. The predicted octanol–water partition coefficient (Wildman–Crippen LogP) is 5.05. The van der Waals surface area contributed by atoms with E-state index in [4.69, 9.17) is 3.72 Å². The zero-order valence-corrected chi connectivity index (χ0v) is 21.3. The van der Waals surface area contributed by atoms with E-state index in [1.807, 2.05) is 0 Å². The Balaban J connectivity index is 0. The quantitative estimate of drug-likeness (QED) is 0.496. The maximum absolute atomic E-state index is 7.33. The van der Waals surface area contributed by atoms with Crippen molar-refractivity contribution in [1.82, 2.24) is 0 Å². The molecule has 1 atom stereocenters. The molecule has 1 unspecified atom stereocenters. The molecule has 1 rings (SSSR count). The van der Waals surface area contributed by atoms with Crippen LogP contribution < -0.4 is 3.72 Å². The Morgan fingerprint density at radius 2 is 1.35 bits per heavy atom. The first-order valence-corrected chi connectivity index (χ1v) is 28.2. The van der Waals surface area contributed by atoms with Gasteiger partial charge in [-0.1, -0.05) is 0 Å². The molecule has 5 heteroatoms. The van der Waals surface area contributed by atoms with Crippen molar-refractivity contribution in [3.05, 3.63) is 20.0 Å². The molecule has 0 fully saturated rings. The number of nitrogens with two attached hydrogens (primary N) is 1.